The van der Waals surface area contributed by atoms with Gasteiger partial charge < -0.3 is 20.5 Å². The molecular formula is C27H38N4O5S. The Morgan fingerprint density at radius 3 is 2.38 bits per heavy atom. The van der Waals surface area contributed by atoms with Crippen molar-refractivity contribution in [3.8, 4) is 0 Å². The van der Waals surface area contributed by atoms with Crippen molar-refractivity contribution in [2.45, 2.75) is 24.2 Å². The van der Waals surface area contributed by atoms with Crippen molar-refractivity contribution in [1.82, 2.24) is 9.21 Å². The lowest BCUT2D eigenvalue weighted by Crippen LogP contribution is -2.46. The van der Waals surface area contributed by atoms with E-state index in [1.165, 1.54) is 16.4 Å². The maximum absolute atomic E-state index is 13.4. The Morgan fingerprint density at radius 1 is 1.00 bits per heavy atom. The second kappa shape index (κ2) is 12.7. The van der Waals surface area contributed by atoms with Crippen molar-refractivity contribution >= 4 is 27.4 Å². The van der Waals surface area contributed by atoms with Gasteiger partial charge in [-0.15, -0.1) is 0 Å². The SMILES string of the molecule is Nc1ccc(S(=O)(=O)N2CC[C@@H](CC(=O)O)[C@@H](CCN(CCN3CCOCC3)c3ccccc3)C2)cc1. The Morgan fingerprint density at radius 2 is 1.70 bits per heavy atom. The molecule has 2 saturated heterocycles. The largest absolute Gasteiger partial charge is 0.481 e. The molecule has 37 heavy (non-hydrogen) atoms. The molecule has 10 heteroatoms. The van der Waals surface area contributed by atoms with Crippen molar-refractivity contribution in [1.29, 1.82) is 0 Å². The van der Waals surface area contributed by atoms with Gasteiger partial charge in [-0.1, -0.05) is 18.2 Å². The van der Waals surface area contributed by atoms with Crippen LogP contribution in [-0.2, 0) is 19.6 Å². The average molecular weight is 531 g/mol. The number of nitrogens with zero attached hydrogens (tertiary/aromatic N) is 3. The molecule has 0 aromatic heterocycles. The number of aliphatic carboxylic acids is 1. The maximum Gasteiger partial charge on any atom is 0.303 e. The number of morpholine rings is 1. The molecule has 0 spiro atoms. The molecule has 202 valence electrons. The lowest BCUT2D eigenvalue weighted by atomic mass is 9.82. The first kappa shape index (κ1) is 27.4. The molecule has 0 saturated carbocycles. The Kier molecular flexibility index (Phi) is 9.42. The third kappa shape index (κ3) is 7.44. The van der Waals surface area contributed by atoms with E-state index in [-0.39, 0.29) is 23.2 Å². The quantitative estimate of drug-likeness (QED) is 0.426. The van der Waals surface area contributed by atoms with Gasteiger partial charge in [0.2, 0.25) is 10.0 Å². The summed E-state index contributed by atoms with van der Waals surface area (Å²) in [5.41, 5.74) is 7.37. The predicted molar refractivity (Wildman–Crippen MR) is 144 cm³/mol. The smallest absolute Gasteiger partial charge is 0.303 e. The highest BCUT2D eigenvalue weighted by molar-refractivity contribution is 7.89. The Balaban J connectivity index is 1.47. The van der Waals surface area contributed by atoms with Crippen molar-refractivity contribution in [3.05, 3.63) is 54.6 Å². The van der Waals surface area contributed by atoms with E-state index < -0.39 is 16.0 Å². The molecule has 0 aliphatic carbocycles. The summed E-state index contributed by atoms with van der Waals surface area (Å²) < 4.78 is 33.7. The summed E-state index contributed by atoms with van der Waals surface area (Å²) in [6, 6.07) is 16.5. The molecule has 0 unspecified atom stereocenters. The lowest BCUT2D eigenvalue weighted by Gasteiger charge is -2.39. The van der Waals surface area contributed by atoms with Crippen LogP contribution in [0.4, 0.5) is 11.4 Å². The van der Waals surface area contributed by atoms with Gasteiger partial charge >= 0.3 is 5.97 Å². The standard InChI is InChI=1S/C27H38N4O5S/c28-24-6-8-26(9-7-24)37(34,35)31-13-11-22(20-27(32)33)23(21-31)10-12-30(25-4-2-1-3-5-25)15-14-29-16-18-36-19-17-29/h1-9,22-23H,10-21,28H2,(H,32,33)/t22-,23-/m0/s1. The van der Waals surface area contributed by atoms with E-state index in [2.05, 4.69) is 21.9 Å². The van der Waals surface area contributed by atoms with E-state index in [1.807, 2.05) is 18.2 Å². The first-order valence-electron chi connectivity index (χ1n) is 13.0. The third-order valence-electron chi connectivity index (χ3n) is 7.49. The zero-order valence-corrected chi connectivity index (χ0v) is 22.1. The number of hydrogen-bond acceptors (Lipinski definition) is 7. The van der Waals surface area contributed by atoms with E-state index >= 15 is 0 Å². The molecule has 4 rings (SSSR count). The van der Waals surface area contributed by atoms with Crippen LogP contribution in [0.1, 0.15) is 19.3 Å². The summed E-state index contributed by atoms with van der Waals surface area (Å²) in [5.74, 6) is -0.952. The van der Waals surface area contributed by atoms with Gasteiger partial charge in [-0.2, -0.15) is 4.31 Å². The predicted octanol–water partition coefficient (Wildman–Crippen LogP) is 2.60. The van der Waals surface area contributed by atoms with Crippen molar-refractivity contribution in [3.63, 3.8) is 0 Å². The monoisotopic (exact) mass is 530 g/mol. The summed E-state index contributed by atoms with van der Waals surface area (Å²) >= 11 is 0. The first-order valence-corrected chi connectivity index (χ1v) is 14.4. The van der Waals surface area contributed by atoms with Gasteiger partial charge in [0.25, 0.3) is 0 Å². The number of benzene rings is 2. The van der Waals surface area contributed by atoms with Gasteiger partial charge in [-0.05, 0) is 61.1 Å². The minimum Gasteiger partial charge on any atom is -0.481 e. The Bertz CT molecular complexity index is 1110. The average Bonchev–Trinajstić information content (AvgIpc) is 2.90. The molecule has 2 fully saturated rings. The summed E-state index contributed by atoms with van der Waals surface area (Å²) in [7, 11) is -3.68. The van der Waals surface area contributed by atoms with E-state index in [4.69, 9.17) is 10.5 Å². The first-order chi connectivity index (χ1) is 17.8. The number of carboxylic acid groups (broad SMARTS) is 1. The number of carboxylic acids is 1. The number of ether oxygens (including phenoxy) is 1. The molecule has 2 aliphatic rings. The zero-order chi connectivity index (χ0) is 26.3. The van der Waals surface area contributed by atoms with Gasteiger partial charge in [0.05, 0.1) is 18.1 Å². The number of hydrogen-bond donors (Lipinski definition) is 2. The molecule has 0 amide bonds. The number of anilines is 2. The molecule has 2 aromatic rings. The highest BCUT2D eigenvalue weighted by Gasteiger charge is 2.36. The van der Waals surface area contributed by atoms with Gasteiger partial charge in [-0.3, -0.25) is 9.69 Å². The summed E-state index contributed by atoms with van der Waals surface area (Å²) in [4.78, 5) is 16.6. The Hall–Kier alpha value is -2.66. The van der Waals surface area contributed by atoms with Crippen LogP contribution < -0.4 is 10.6 Å². The van der Waals surface area contributed by atoms with E-state index in [9.17, 15) is 18.3 Å². The summed E-state index contributed by atoms with van der Waals surface area (Å²) in [6.07, 6.45) is 1.30. The number of nitrogen functional groups attached to an aromatic ring is 1. The molecule has 2 heterocycles. The van der Waals surface area contributed by atoms with E-state index in [0.717, 1.165) is 51.6 Å². The number of para-hydroxylation sites is 1. The fraction of sp³-hybridized carbons (Fsp3) is 0.519. The van der Waals surface area contributed by atoms with Crippen LogP contribution in [0.2, 0.25) is 0 Å². The second-order valence-electron chi connectivity index (χ2n) is 9.90. The number of piperidine rings is 1. The minimum absolute atomic E-state index is 0.0528. The number of carbonyl (C=O) groups is 1. The number of sulfonamides is 1. The van der Waals surface area contributed by atoms with Gasteiger partial charge in [-0.25, -0.2) is 8.42 Å². The van der Waals surface area contributed by atoms with Crippen LogP contribution >= 0.6 is 0 Å². The molecule has 2 atom stereocenters. The molecule has 0 radical (unpaired) electrons. The van der Waals surface area contributed by atoms with Crippen LogP contribution in [0, 0.1) is 11.8 Å². The fourth-order valence-electron chi connectivity index (χ4n) is 5.29. The molecule has 2 aromatic carbocycles. The topological polar surface area (TPSA) is 116 Å². The highest BCUT2D eigenvalue weighted by atomic mass is 32.2. The van der Waals surface area contributed by atoms with Gasteiger partial charge in [0, 0.05) is 63.6 Å². The summed E-state index contributed by atoms with van der Waals surface area (Å²) in [5, 5.41) is 9.53. The van der Waals surface area contributed by atoms with E-state index in [1.54, 1.807) is 12.1 Å². The van der Waals surface area contributed by atoms with Gasteiger partial charge in [0.1, 0.15) is 0 Å². The lowest BCUT2D eigenvalue weighted by molar-refractivity contribution is -0.138. The number of rotatable bonds is 11. The van der Waals surface area contributed by atoms with Gasteiger partial charge in [0.15, 0.2) is 0 Å². The normalized spacial score (nSPS) is 21.5. The molecule has 9 nitrogen and oxygen atoms in total. The van der Waals surface area contributed by atoms with Crippen LogP contribution in [0.25, 0.3) is 0 Å². The molecule has 0 bridgehead atoms. The molecular weight excluding hydrogens is 492 g/mol. The van der Waals surface area contributed by atoms with Crippen molar-refractivity contribution in [2.75, 3.05) is 69.7 Å². The maximum atomic E-state index is 13.4. The van der Waals surface area contributed by atoms with Crippen molar-refractivity contribution in [2.24, 2.45) is 11.8 Å². The fourth-order valence-corrected chi connectivity index (χ4v) is 6.80. The summed E-state index contributed by atoms with van der Waals surface area (Å²) in [6.45, 7) is 6.47. The molecule has 3 N–H and O–H groups in total. The van der Waals surface area contributed by atoms with Crippen LogP contribution in [0.3, 0.4) is 0 Å². The third-order valence-corrected chi connectivity index (χ3v) is 9.37. The Labute approximate surface area is 219 Å². The zero-order valence-electron chi connectivity index (χ0n) is 21.2. The number of nitrogens with two attached hydrogens (primary N) is 1. The molecule has 2 aliphatic heterocycles. The van der Waals surface area contributed by atoms with E-state index in [0.29, 0.717) is 31.6 Å². The van der Waals surface area contributed by atoms with Crippen molar-refractivity contribution < 1.29 is 23.1 Å². The minimum atomic E-state index is -3.68. The van der Waals surface area contributed by atoms with Crippen LogP contribution in [0.15, 0.2) is 59.5 Å². The second-order valence-corrected chi connectivity index (χ2v) is 11.8. The van der Waals surface area contributed by atoms with Crippen LogP contribution in [-0.4, -0.2) is 87.7 Å². The van der Waals surface area contributed by atoms with Crippen LogP contribution in [0.5, 0.6) is 0 Å². The highest BCUT2D eigenvalue weighted by Crippen LogP contribution is 2.33.